The van der Waals surface area contributed by atoms with Crippen LogP contribution in [0.2, 0.25) is 0 Å². The summed E-state index contributed by atoms with van der Waals surface area (Å²) >= 11 is 0. The smallest absolute Gasteiger partial charge is 0.143 e. The average Bonchev–Trinajstić information content (AvgIpc) is 3.89. The van der Waals surface area contributed by atoms with Crippen molar-refractivity contribution in [2.24, 2.45) is 0 Å². The fourth-order valence-corrected chi connectivity index (χ4v) is 10.7. The van der Waals surface area contributed by atoms with Gasteiger partial charge in [-0.25, -0.2) is 0 Å². The number of hydrogen-bond donors (Lipinski definition) is 0. The third kappa shape index (κ3) is 5.43. The Bertz CT molecular complexity index is 3390. The van der Waals surface area contributed by atoms with Gasteiger partial charge in [0.1, 0.15) is 11.2 Å². The maximum absolute atomic E-state index is 6.58. The molecule has 1 aromatic heterocycles. The molecule has 0 fully saturated rings. The van der Waals surface area contributed by atoms with Crippen molar-refractivity contribution in [3.63, 3.8) is 0 Å². The van der Waals surface area contributed by atoms with Crippen molar-refractivity contribution in [3.05, 3.63) is 222 Å². The third-order valence-electron chi connectivity index (χ3n) is 13.9. The highest BCUT2D eigenvalue weighted by Crippen LogP contribution is 2.59. The lowest BCUT2D eigenvalue weighted by Crippen LogP contribution is -2.17. The number of furan rings is 1. The maximum atomic E-state index is 6.58. The summed E-state index contributed by atoms with van der Waals surface area (Å²) in [4.78, 5) is 2.47. The van der Waals surface area contributed by atoms with E-state index in [1.54, 1.807) is 0 Å². The highest BCUT2D eigenvalue weighted by Gasteiger charge is 2.43. The number of hydrogen-bond acceptors (Lipinski definition) is 2. The lowest BCUT2D eigenvalue weighted by molar-refractivity contribution is 0.652. The molecule has 0 bridgehead atoms. The molecule has 0 atom stereocenters. The topological polar surface area (TPSA) is 16.4 Å². The molecule has 62 heavy (non-hydrogen) atoms. The molecular formula is C60H45NO. The molecule has 0 unspecified atom stereocenters. The van der Waals surface area contributed by atoms with E-state index in [0.717, 1.165) is 44.4 Å². The fourth-order valence-electron chi connectivity index (χ4n) is 10.7. The number of para-hydroxylation sites is 2. The van der Waals surface area contributed by atoms with Gasteiger partial charge in [-0.15, -0.1) is 0 Å². The van der Waals surface area contributed by atoms with Crippen LogP contribution in [0.3, 0.4) is 0 Å². The van der Waals surface area contributed by atoms with Crippen molar-refractivity contribution in [1.82, 2.24) is 0 Å². The summed E-state index contributed by atoms with van der Waals surface area (Å²) in [6.45, 7) is 9.56. The van der Waals surface area contributed by atoms with E-state index in [4.69, 9.17) is 4.42 Å². The van der Waals surface area contributed by atoms with Crippen molar-refractivity contribution in [2.75, 3.05) is 4.90 Å². The zero-order chi connectivity index (χ0) is 41.7. The van der Waals surface area contributed by atoms with Crippen LogP contribution in [0, 0.1) is 0 Å². The molecule has 2 aliphatic carbocycles. The molecule has 0 spiro atoms. The van der Waals surface area contributed by atoms with Crippen molar-refractivity contribution >= 4 is 39.0 Å². The summed E-state index contributed by atoms with van der Waals surface area (Å²) in [5.74, 6) is 0. The second-order valence-electron chi connectivity index (χ2n) is 18.1. The fraction of sp³-hybridized carbons (Fsp3) is 0.100. The minimum absolute atomic E-state index is 0.108. The molecule has 12 rings (SSSR count). The minimum Gasteiger partial charge on any atom is -0.455 e. The zero-order valence-electron chi connectivity index (χ0n) is 35.4. The summed E-state index contributed by atoms with van der Waals surface area (Å²) in [7, 11) is 0. The number of benzene rings is 9. The van der Waals surface area contributed by atoms with E-state index in [1.807, 2.05) is 6.07 Å². The summed E-state index contributed by atoms with van der Waals surface area (Å²) in [6, 6.07) is 73.4. The van der Waals surface area contributed by atoms with Gasteiger partial charge in [-0.3, -0.25) is 0 Å². The summed E-state index contributed by atoms with van der Waals surface area (Å²) in [5, 5.41) is 2.26. The van der Waals surface area contributed by atoms with Gasteiger partial charge in [0.25, 0.3) is 0 Å². The van der Waals surface area contributed by atoms with Gasteiger partial charge in [0.05, 0.1) is 5.69 Å². The molecule has 9 aromatic carbocycles. The van der Waals surface area contributed by atoms with E-state index in [1.165, 1.54) is 72.4 Å². The quantitative estimate of drug-likeness (QED) is 0.167. The molecule has 2 aliphatic rings. The third-order valence-corrected chi connectivity index (χ3v) is 13.9. The molecule has 0 aliphatic heterocycles. The van der Waals surface area contributed by atoms with Crippen LogP contribution >= 0.6 is 0 Å². The molecule has 0 saturated heterocycles. The molecule has 0 radical (unpaired) electrons. The number of fused-ring (bicyclic) bond motifs is 9. The first kappa shape index (κ1) is 36.4. The first-order valence-electron chi connectivity index (χ1n) is 21.8. The highest BCUT2D eigenvalue weighted by molar-refractivity contribution is 6.10. The van der Waals surface area contributed by atoms with Gasteiger partial charge in [0, 0.05) is 44.1 Å². The van der Waals surface area contributed by atoms with Gasteiger partial charge in [-0.1, -0.05) is 179 Å². The first-order valence-corrected chi connectivity index (χ1v) is 21.8. The van der Waals surface area contributed by atoms with Crippen LogP contribution in [0.15, 0.2) is 205 Å². The molecule has 10 aromatic rings. The molecule has 296 valence electrons. The van der Waals surface area contributed by atoms with Gasteiger partial charge in [-0.05, 0) is 115 Å². The molecule has 0 saturated carbocycles. The Labute approximate surface area is 363 Å². The Morgan fingerprint density at radius 3 is 1.69 bits per heavy atom. The molecule has 1 heterocycles. The summed E-state index contributed by atoms with van der Waals surface area (Å²) in [6.07, 6.45) is 0. The van der Waals surface area contributed by atoms with Crippen molar-refractivity contribution in [2.45, 2.75) is 38.5 Å². The van der Waals surface area contributed by atoms with Crippen LogP contribution < -0.4 is 4.90 Å². The molecule has 2 heteroatoms. The Morgan fingerprint density at radius 2 is 0.903 bits per heavy atom. The normalized spacial score (nSPS) is 14.1. The predicted octanol–water partition coefficient (Wildman–Crippen LogP) is 16.7. The van der Waals surface area contributed by atoms with Gasteiger partial charge < -0.3 is 9.32 Å². The Kier molecular flexibility index (Phi) is 7.96. The van der Waals surface area contributed by atoms with E-state index in [0.29, 0.717) is 0 Å². The highest BCUT2D eigenvalue weighted by atomic mass is 16.3. The largest absolute Gasteiger partial charge is 0.455 e. The Hall–Kier alpha value is -7.42. The van der Waals surface area contributed by atoms with Crippen LogP contribution in [0.1, 0.15) is 49.9 Å². The Morgan fingerprint density at radius 1 is 0.355 bits per heavy atom. The van der Waals surface area contributed by atoms with E-state index in [-0.39, 0.29) is 10.8 Å². The summed E-state index contributed by atoms with van der Waals surface area (Å²) in [5.41, 5.74) is 22.7. The second kappa shape index (κ2) is 13.5. The molecular weight excluding hydrogens is 751 g/mol. The molecule has 0 amide bonds. The SMILES string of the molecule is CC1(C)c2ccccc2-c2cc3c(cc21)-c1c(N(c2ccc(-c4ccc(-c5ccccc5)cc4)cc2)c2cccc(-c4cccc5c4oc4ccccc45)c2)cccc1C3(C)C. The van der Waals surface area contributed by atoms with Gasteiger partial charge in [-0.2, -0.15) is 0 Å². The number of anilines is 3. The Balaban J connectivity index is 1.03. The predicted molar refractivity (Wildman–Crippen MR) is 260 cm³/mol. The average molecular weight is 796 g/mol. The number of rotatable bonds is 6. The summed E-state index contributed by atoms with van der Waals surface area (Å²) < 4.78 is 6.58. The van der Waals surface area contributed by atoms with Gasteiger partial charge in [0.2, 0.25) is 0 Å². The first-order chi connectivity index (χ1) is 30.3. The standard InChI is InChI=1S/C60H45NO/c1-59(2)51-23-10-8-19-46(51)49-36-54-50(37-53(49)59)57-52(60(54,3)4)24-14-25-55(57)61(43-33-31-41(32-34-43)40-29-27-39(28-30-40)38-15-6-5-7-16-38)44-18-12-17-42(35-44)45-21-13-22-48-47-20-9-11-26-56(47)62-58(45)48/h5-37H,1-4H3. The maximum Gasteiger partial charge on any atom is 0.143 e. The van der Waals surface area contributed by atoms with E-state index >= 15 is 0 Å². The van der Waals surface area contributed by atoms with Crippen LogP contribution in [-0.2, 0) is 10.8 Å². The molecule has 2 nitrogen and oxygen atoms in total. The molecule has 0 N–H and O–H groups in total. The van der Waals surface area contributed by atoms with E-state index < -0.39 is 0 Å². The van der Waals surface area contributed by atoms with E-state index in [2.05, 4.69) is 227 Å². The second-order valence-corrected chi connectivity index (χ2v) is 18.1. The van der Waals surface area contributed by atoms with Crippen molar-refractivity contribution in [3.8, 4) is 55.6 Å². The van der Waals surface area contributed by atoms with E-state index in [9.17, 15) is 0 Å². The monoisotopic (exact) mass is 795 g/mol. The number of nitrogens with zero attached hydrogens (tertiary/aromatic N) is 1. The van der Waals surface area contributed by atoms with Crippen LogP contribution in [0.5, 0.6) is 0 Å². The lowest BCUT2D eigenvalue weighted by Gasteiger charge is -2.29. The zero-order valence-corrected chi connectivity index (χ0v) is 35.4. The lowest BCUT2D eigenvalue weighted by atomic mass is 9.79. The van der Waals surface area contributed by atoms with Crippen molar-refractivity contribution < 1.29 is 4.42 Å². The van der Waals surface area contributed by atoms with Crippen LogP contribution in [-0.4, -0.2) is 0 Å². The minimum atomic E-state index is -0.197. The van der Waals surface area contributed by atoms with Gasteiger partial charge >= 0.3 is 0 Å². The van der Waals surface area contributed by atoms with Gasteiger partial charge in [0.15, 0.2) is 0 Å². The van der Waals surface area contributed by atoms with Crippen LogP contribution in [0.25, 0.3) is 77.6 Å². The van der Waals surface area contributed by atoms with Crippen LogP contribution in [0.4, 0.5) is 17.1 Å². The van der Waals surface area contributed by atoms with Crippen molar-refractivity contribution in [1.29, 1.82) is 0 Å².